The number of carbonyl (C=O) groups is 2. The lowest BCUT2D eigenvalue weighted by atomic mass is 10.2. The second-order valence-corrected chi connectivity index (χ2v) is 7.80. The predicted molar refractivity (Wildman–Crippen MR) is 101 cm³/mol. The number of carbonyl (C=O) groups excluding carboxylic acids is 2. The third-order valence-electron chi connectivity index (χ3n) is 4.36. The van der Waals surface area contributed by atoms with Crippen LogP contribution in [-0.4, -0.2) is 28.5 Å². The highest BCUT2D eigenvalue weighted by molar-refractivity contribution is 8.01. The Morgan fingerprint density at radius 1 is 1.15 bits per heavy atom. The Morgan fingerprint density at radius 2 is 1.89 bits per heavy atom. The van der Waals surface area contributed by atoms with E-state index in [9.17, 15) is 18.4 Å². The number of thioether (sulfide) groups is 1. The van der Waals surface area contributed by atoms with Crippen molar-refractivity contribution in [2.24, 2.45) is 0 Å². The Labute approximate surface area is 160 Å². The summed E-state index contributed by atoms with van der Waals surface area (Å²) in [6.45, 7) is 2.37. The monoisotopic (exact) mass is 390 g/mol. The van der Waals surface area contributed by atoms with Crippen molar-refractivity contribution in [3.8, 4) is 0 Å². The lowest BCUT2D eigenvalue weighted by molar-refractivity contribution is -0.130. The molecule has 1 saturated heterocycles. The van der Waals surface area contributed by atoms with Gasteiger partial charge in [0.25, 0.3) is 0 Å². The van der Waals surface area contributed by atoms with E-state index in [1.807, 2.05) is 6.92 Å². The standard InChI is InChI=1S/C20H20F2N2O2S/c1-13-19(26)24(20(27-13)15-3-2-4-17(22)11-15)10-9-18(25)23-12-14-5-7-16(21)8-6-14/h2-8,11,13,20H,9-10,12H2,1H3,(H,23,25). The second-order valence-electron chi connectivity index (χ2n) is 6.37. The molecule has 27 heavy (non-hydrogen) atoms. The average Bonchev–Trinajstić information content (AvgIpc) is 2.94. The van der Waals surface area contributed by atoms with E-state index in [1.165, 1.54) is 36.0 Å². The quantitative estimate of drug-likeness (QED) is 0.819. The molecule has 2 atom stereocenters. The maximum atomic E-state index is 13.5. The molecule has 1 heterocycles. The molecule has 2 unspecified atom stereocenters. The van der Waals surface area contributed by atoms with Crippen LogP contribution in [0.2, 0.25) is 0 Å². The molecular weight excluding hydrogens is 370 g/mol. The number of hydrogen-bond acceptors (Lipinski definition) is 3. The molecule has 1 aliphatic heterocycles. The maximum absolute atomic E-state index is 13.5. The topological polar surface area (TPSA) is 49.4 Å². The number of amides is 2. The zero-order chi connectivity index (χ0) is 19.4. The summed E-state index contributed by atoms with van der Waals surface area (Å²) >= 11 is 1.45. The zero-order valence-electron chi connectivity index (χ0n) is 14.8. The van der Waals surface area contributed by atoms with Gasteiger partial charge in [-0.1, -0.05) is 24.3 Å². The van der Waals surface area contributed by atoms with Gasteiger partial charge in [0.15, 0.2) is 0 Å². The highest BCUT2D eigenvalue weighted by Gasteiger charge is 2.38. The Bertz CT molecular complexity index is 829. The molecule has 2 amide bonds. The van der Waals surface area contributed by atoms with Crippen molar-refractivity contribution in [2.75, 3.05) is 6.54 Å². The van der Waals surface area contributed by atoms with Crippen LogP contribution in [0.5, 0.6) is 0 Å². The van der Waals surface area contributed by atoms with Gasteiger partial charge in [-0.3, -0.25) is 9.59 Å². The third-order valence-corrected chi connectivity index (χ3v) is 5.76. The van der Waals surface area contributed by atoms with E-state index in [1.54, 1.807) is 29.2 Å². The van der Waals surface area contributed by atoms with E-state index in [4.69, 9.17) is 0 Å². The van der Waals surface area contributed by atoms with Crippen molar-refractivity contribution in [1.29, 1.82) is 0 Å². The molecule has 0 spiro atoms. The van der Waals surface area contributed by atoms with Crippen LogP contribution in [0.4, 0.5) is 8.78 Å². The summed E-state index contributed by atoms with van der Waals surface area (Å²) < 4.78 is 26.4. The first-order valence-corrected chi connectivity index (χ1v) is 9.61. The number of halogens is 2. The molecule has 1 N–H and O–H groups in total. The van der Waals surface area contributed by atoms with E-state index in [2.05, 4.69) is 5.32 Å². The van der Waals surface area contributed by atoms with Crippen LogP contribution in [0.3, 0.4) is 0 Å². The maximum Gasteiger partial charge on any atom is 0.236 e. The van der Waals surface area contributed by atoms with Gasteiger partial charge in [0, 0.05) is 19.5 Å². The molecule has 1 aliphatic rings. The van der Waals surface area contributed by atoms with Gasteiger partial charge >= 0.3 is 0 Å². The largest absolute Gasteiger partial charge is 0.352 e. The number of nitrogens with zero attached hydrogens (tertiary/aromatic N) is 1. The Balaban J connectivity index is 1.58. The van der Waals surface area contributed by atoms with Crippen molar-refractivity contribution < 1.29 is 18.4 Å². The number of nitrogens with one attached hydrogen (secondary N) is 1. The summed E-state index contributed by atoms with van der Waals surface area (Å²) in [7, 11) is 0. The fourth-order valence-electron chi connectivity index (χ4n) is 2.93. The molecule has 0 aliphatic carbocycles. The van der Waals surface area contributed by atoms with Crippen molar-refractivity contribution in [3.05, 3.63) is 71.3 Å². The summed E-state index contributed by atoms with van der Waals surface area (Å²) in [5.41, 5.74) is 1.51. The van der Waals surface area contributed by atoms with Gasteiger partial charge in [-0.15, -0.1) is 11.8 Å². The molecule has 3 rings (SSSR count). The second kappa shape index (κ2) is 8.52. The molecule has 2 aromatic carbocycles. The van der Waals surface area contributed by atoms with Crippen LogP contribution in [-0.2, 0) is 16.1 Å². The normalized spacial score (nSPS) is 19.4. The van der Waals surface area contributed by atoms with Gasteiger partial charge in [0.05, 0.1) is 5.25 Å². The van der Waals surface area contributed by atoms with Crippen molar-refractivity contribution in [3.63, 3.8) is 0 Å². The predicted octanol–water partition coefficient (Wildman–Crippen LogP) is 3.63. The first-order valence-electron chi connectivity index (χ1n) is 8.66. The van der Waals surface area contributed by atoms with Crippen molar-refractivity contribution in [2.45, 2.75) is 30.5 Å². The molecule has 0 aromatic heterocycles. The summed E-state index contributed by atoms with van der Waals surface area (Å²) in [5, 5.41) is 2.23. The van der Waals surface area contributed by atoms with Gasteiger partial charge in [-0.2, -0.15) is 0 Å². The molecule has 0 bridgehead atoms. The van der Waals surface area contributed by atoms with E-state index < -0.39 is 0 Å². The summed E-state index contributed by atoms with van der Waals surface area (Å²) in [4.78, 5) is 26.2. The van der Waals surface area contributed by atoms with Crippen molar-refractivity contribution in [1.82, 2.24) is 10.2 Å². The Hall–Kier alpha value is -2.41. The molecule has 4 nitrogen and oxygen atoms in total. The third kappa shape index (κ3) is 4.86. The van der Waals surface area contributed by atoms with Gasteiger partial charge in [-0.25, -0.2) is 8.78 Å². The number of hydrogen-bond donors (Lipinski definition) is 1. The van der Waals surface area contributed by atoms with Crippen LogP contribution < -0.4 is 5.32 Å². The lowest BCUT2D eigenvalue weighted by Gasteiger charge is -2.24. The average molecular weight is 390 g/mol. The fourth-order valence-corrected chi connectivity index (χ4v) is 4.23. The van der Waals surface area contributed by atoms with E-state index in [0.717, 1.165) is 5.56 Å². The van der Waals surface area contributed by atoms with Crippen molar-refractivity contribution >= 4 is 23.6 Å². The summed E-state index contributed by atoms with van der Waals surface area (Å²) in [6, 6.07) is 12.1. The lowest BCUT2D eigenvalue weighted by Crippen LogP contribution is -2.34. The molecule has 0 saturated carbocycles. The molecule has 0 radical (unpaired) electrons. The van der Waals surface area contributed by atoms with Crippen LogP contribution >= 0.6 is 11.8 Å². The Morgan fingerprint density at radius 3 is 2.59 bits per heavy atom. The van der Waals surface area contributed by atoms with Gasteiger partial charge in [-0.05, 0) is 42.3 Å². The minimum atomic E-state index is -0.350. The van der Waals surface area contributed by atoms with E-state index in [0.29, 0.717) is 12.1 Å². The molecule has 2 aromatic rings. The minimum absolute atomic E-state index is 0.0550. The van der Waals surface area contributed by atoms with Gasteiger partial charge < -0.3 is 10.2 Å². The number of rotatable bonds is 6. The summed E-state index contributed by atoms with van der Waals surface area (Å²) in [5.74, 6) is -0.931. The molecule has 7 heteroatoms. The highest BCUT2D eigenvalue weighted by Crippen LogP contribution is 2.42. The van der Waals surface area contributed by atoms with Crippen LogP contribution in [0, 0.1) is 11.6 Å². The van der Waals surface area contributed by atoms with Gasteiger partial charge in [0.1, 0.15) is 17.0 Å². The molecule has 142 valence electrons. The van der Waals surface area contributed by atoms with Crippen LogP contribution in [0.25, 0.3) is 0 Å². The summed E-state index contributed by atoms with van der Waals surface area (Å²) in [6.07, 6.45) is 0.145. The molecular formula is C20H20F2N2O2S. The first-order chi connectivity index (χ1) is 12.9. The first kappa shape index (κ1) is 19.4. The minimum Gasteiger partial charge on any atom is -0.352 e. The van der Waals surface area contributed by atoms with Gasteiger partial charge in [0.2, 0.25) is 11.8 Å². The highest BCUT2D eigenvalue weighted by atomic mass is 32.2. The van der Waals surface area contributed by atoms with E-state index in [-0.39, 0.29) is 47.0 Å². The number of benzene rings is 2. The van der Waals surface area contributed by atoms with E-state index >= 15 is 0 Å². The smallest absolute Gasteiger partial charge is 0.236 e. The molecule has 1 fully saturated rings. The zero-order valence-corrected chi connectivity index (χ0v) is 15.6. The van der Waals surface area contributed by atoms with Crippen LogP contribution in [0.15, 0.2) is 48.5 Å². The SMILES string of the molecule is CC1SC(c2cccc(F)c2)N(CCC(=O)NCc2ccc(F)cc2)C1=O. The van der Waals surface area contributed by atoms with Crippen LogP contribution in [0.1, 0.15) is 29.8 Å². The Kier molecular flexibility index (Phi) is 6.11. The fraction of sp³-hybridized carbons (Fsp3) is 0.300.